The molecule has 0 aliphatic heterocycles. The van der Waals surface area contributed by atoms with Crippen LogP contribution in [0.2, 0.25) is 0 Å². The van der Waals surface area contributed by atoms with Crippen molar-refractivity contribution in [2.24, 2.45) is 0 Å². The van der Waals surface area contributed by atoms with E-state index < -0.39 is 0 Å². The zero-order chi connectivity index (χ0) is 15.5. The van der Waals surface area contributed by atoms with E-state index in [4.69, 9.17) is 4.74 Å². The van der Waals surface area contributed by atoms with Crippen molar-refractivity contribution in [2.75, 3.05) is 12.4 Å². The van der Waals surface area contributed by atoms with Crippen molar-refractivity contribution in [2.45, 2.75) is 19.9 Å². The number of benzene rings is 1. The van der Waals surface area contributed by atoms with Gasteiger partial charge in [-0.2, -0.15) is 0 Å². The highest BCUT2D eigenvalue weighted by molar-refractivity contribution is 7.15. The molecule has 0 radical (unpaired) electrons. The van der Waals surface area contributed by atoms with E-state index in [-0.39, 0.29) is 12.5 Å². The molecule has 0 unspecified atom stereocenters. The lowest BCUT2D eigenvalue weighted by Crippen LogP contribution is -2.18. The number of fused-ring (bicyclic) bond motifs is 1. The fourth-order valence-electron chi connectivity index (χ4n) is 2.20. The van der Waals surface area contributed by atoms with Crippen LogP contribution in [0.15, 0.2) is 30.5 Å². The Kier molecular flexibility index (Phi) is 4.06. The summed E-state index contributed by atoms with van der Waals surface area (Å²) in [5.74, 6) is 0.683. The lowest BCUT2D eigenvalue weighted by molar-refractivity contribution is -0.116. The van der Waals surface area contributed by atoms with Crippen LogP contribution in [0.25, 0.3) is 10.9 Å². The van der Waals surface area contributed by atoms with Crippen molar-refractivity contribution in [3.05, 3.63) is 35.5 Å². The summed E-state index contributed by atoms with van der Waals surface area (Å²) in [6.45, 7) is 2.24. The van der Waals surface area contributed by atoms with Gasteiger partial charge in [-0.25, -0.2) is 0 Å². The average Bonchev–Trinajstić information content (AvgIpc) is 3.14. The van der Waals surface area contributed by atoms with Crippen LogP contribution >= 0.6 is 11.3 Å². The van der Waals surface area contributed by atoms with Gasteiger partial charge in [-0.05, 0) is 30.7 Å². The Morgan fingerprint density at radius 2 is 2.23 bits per heavy atom. The number of carbonyl (C=O) groups is 1. The topological polar surface area (TPSA) is 69.0 Å². The molecule has 1 amide bonds. The van der Waals surface area contributed by atoms with Gasteiger partial charge in [0.1, 0.15) is 17.3 Å². The van der Waals surface area contributed by atoms with Gasteiger partial charge in [-0.15, -0.1) is 10.2 Å². The Bertz CT molecular complexity index is 809. The minimum atomic E-state index is -0.118. The molecule has 6 nitrogen and oxygen atoms in total. The Morgan fingerprint density at radius 1 is 1.36 bits per heavy atom. The maximum absolute atomic E-state index is 12.1. The Hall–Kier alpha value is -2.41. The Morgan fingerprint density at radius 3 is 2.95 bits per heavy atom. The first-order chi connectivity index (χ1) is 10.7. The number of aromatic nitrogens is 3. The van der Waals surface area contributed by atoms with Crippen LogP contribution in [-0.4, -0.2) is 27.8 Å². The molecule has 0 spiro atoms. The number of ether oxygens (including phenoxy) is 1. The lowest BCUT2D eigenvalue weighted by atomic mass is 10.2. The van der Waals surface area contributed by atoms with Gasteiger partial charge in [-0.1, -0.05) is 18.3 Å². The van der Waals surface area contributed by atoms with Crippen molar-refractivity contribution in [3.8, 4) is 5.75 Å². The van der Waals surface area contributed by atoms with E-state index in [0.717, 1.165) is 28.1 Å². The van der Waals surface area contributed by atoms with E-state index in [1.165, 1.54) is 11.3 Å². The minimum Gasteiger partial charge on any atom is -0.497 e. The van der Waals surface area contributed by atoms with Gasteiger partial charge in [0.15, 0.2) is 0 Å². The lowest BCUT2D eigenvalue weighted by Gasteiger charge is -2.06. The summed E-state index contributed by atoms with van der Waals surface area (Å²) < 4.78 is 7.10. The molecule has 22 heavy (non-hydrogen) atoms. The Balaban J connectivity index is 1.73. The molecule has 0 saturated heterocycles. The summed E-state index contributed by atoms with van der Waals surface area (Å²) in [4.78, 5) is 12.1. The first kappa shape index (κ1) is 14.5. The van der Waals surface area contributed by atoms with Crippen molar-refractivity contribution in [1.29, 1.82) is 0 Å². The molecule has 2 heterocycles. The second kappa shape index (κ2) is 6.15. The van der Waals surface area contributed by atoms with Gasteiger partial charge < -0.3 is 9.30 Å². The number of hydrogen-bond acceptors (Lipinski definition) is 5. The van der Waals surface area contributed by atoms with E-state index >= 15 is 0 Å². The number of nitrogens with zero attached hydrogens (tertiary/aromatic N) is 3. The highest BCUT2D eigenvalue weighted by atomic mass is 32.1. The molecule has 0 aliphatic rings. The summed E-state index contributed by atoms with van der Waals surface area (Å²) in [6.07, 6.45) is 2.71. The highest BCUT2D eigenvalue weighted by Gasteiger charge is 2.10. The third-order valence-electron chi connectivity index (χ3n) is 3.31. The van der Waals surface area contributed by atoms with Crippen LogP contribution in [0.1, 0.15) is 11.9 Å². The van der Waals surface area contributed by atoms with E-state index in [1.807, 2.05) is 42.0 Å². The molecule has 0 bridgehead atoms. The quantitative estimate of drug-likeness (QED) is 0.786. The third-order valence-corrected chi connectivity index (χ3v) is 4.29. The fraction of sp³-hybridized carbons (Fsp3) is 0.267. The van der Waals surface area contributed by atoms with E-state index in [1.54, 1.807) is 7.11 Å². The summed E-state index contributed by atoms with van der Waals surface area (Å²) in [5.41, 5.74) is 0.988. The number of aryl methyl sites for hydroxylation is 1. The zero-order valence-electron chi connectivity index (χ0n) is 12.4. The first-order valence-electron chi connectivity index (χ1n) is 6.94. The third kappa shape index (κ3) is 2.94. The summed E-state index contributed by atoms with van der Waals surface area (Å²) in [7, 11) is 1.64. The largest absolute Gasteiger partial charge is 0.497 e. The first-order valence-corrected chi connectivity index (χ1v) is 7.76. The van der Waals surface area contributed by atoms with E-state index in [2.05, 4.69) is 15.5 Å². The van der Waals surface area contributed by atoms with Crippen LogP contribution in [-0.2, 0) is 17.8 Å². The van der Waals surface area contributed by atoms with Gasteiger partial charge in [0, 0.05) is 17.1 Å². The number of rotatable bonds is 5. The van der Waals surface area contributed by atoms with Crippen LogP contribution in [0.4, 0.5) is 5.13 Å². The number of nitrogens with one attached hydrogen (secondary N) is 1. The molecule has 0 saturated carbocycles. The van der Waals surface area contributed by atoms with Gasteiger partial charge in [0.05, 0.1) is 7.11 Å². The van der Waals surface area contributed by atoms with Crippen LogP contribution < -0.4 is 10.1 Å². The number of amides is 1. The maximum atomic E-state index is 12.1. The van der Waals surface area contributed by atoms with Crippen molar-refractivity contribution in [1.82, 2.24) is 14.8 Å². The van der Waals surface area contributed by atoms with Crippen molar-refractivity contribution in [3.63, 3.8) is 0 Å². The maximum Gasteiger partial charge on any atom is 0.246 e. The Labute approximate surface area is 131 Å². The highest BCUT2D eigenvalue weighted by Crippen LogP contribution is 2.22. The predicted octanol–water partition coefficient (Wildman–Crippen LogP) is 2.70. The summed E-state index contributed by atoms with van der Waals surface area (Å²) >= 11 is 1.40. The second-order valence-corrected chi connectivity index (χ2v) is 5.83. The minimum absolute atomic E-state index is 0.118. The molecular formula is C15H16N4O2S. The zero-order valence-corrected chi connectivity index (χ0v) is 13.2. The van der Waals surface area contributed by atoms with E-state index in [0.29, 0.717) is 5.13 Å². The molecule has 3 rings (SSSR count). The average molecular weight is 316 g/mol. The van der Waals surface area contributed by atoms with Gasteiger partial charge >= 0.3 is 0 Å². The van der Waals surface area contributed by atoms with Gasteiger partial charge in [0.2, 0.25) is 11.0 Å². The monoisotopic (exact) mass is 316 g/mol. The smallest absolute Gasteiger partial charge is 0.246 e. The van der Waals surface area contributed by atoms with Gasteiger partial charge in [-0.3, -0.25) is 10.1 Å². The molecule has 0 aliphatic carbocycles. The molecule has 0 atom stereocenters. The second-order valence-electron chi connectivity index (χ2n) is 4.77. The SMILES string of the molecule is CCc1nnc(NC(=O)Cn2ccc3cc(OC)ccc32)s1. The van der Waals surface area contributed by atoms with Crippen molar-refractivity contribution >= 4 is 33.3 Å². The molecule has 0 fully saturated rings. The van der Waals surface area contributed by atoms with E-state index in [9.17, 15) is 4.79 Å². The van der Waals surface area contributed by atoms with Crippen LogP contribution in [0.5, 0.6) is 5.75 Å². The molecule has 114 valence electrons. The summed E-state index contributed by atoms with van der Waals surface area (Å²) in [5, 5.41) is 13.2. The van der Waals surface area contributed by atoms with Crippen LogP contribution in [0.3, 0.4) is 0 Å². The number of anilines is 1. The standard InChI is InChI=1S/C15H16N4O2S/c1-3-14-17-18-15(22-14)16-13(20)9-19-7-6-10-8-11(21-2)4-5-12(10)19/h4-8H,3,9H2,1-2H3,(H,16,18,20). The number of hydrogen-bond donors (Lipinski definition) is 1. The summed E-state index contributed by atoms with van der Waals surface area (Å²) in [6, 6.07) is 7.74. The molecule has 3 aromatic rings. The number of methoxy groups -OCH3 is 1. The normalized spacial score (nSPS) is 10.8. The van der Waals surface area contributed by atoms with Gasteiger partial charge in [0.25, 0.3) is 0 Å². The molecule has 2 aromatic heterocycles. The molecule has 1 aromatic carbocycles. The predicted molar refractivity (Wildman–Crippen MR) is 86.4 cm³/mol. The van der Waals surface area contributed by atoms with Crippen LogP contribution in [0, 0.1) is 0 Å². The molecular weight excluding hydrogens is 300 g/mol. The fourth-order valence-corrected chi connectivity index (χ4v) is 2.90. The molecule has 1 N–H and O–H groups in total. The van der Waals surface area contributed by atoms with Crippen molar-refractivity contribution < 1.29 is 9.53 Å². The molecule has 7 heteroatoms. The number of carbonyl (C=O) groups excluding carboxylic acids is 1.